The molecule has 0 spiro atoms. The molecule has 0 aliphatic carbocycles. The van der Waals surface area contributed by atoms with E-state index in [1.807, 2.05) is 0 Å². The molecule has 7 heteroatoms. The van der Waals surface area contributed by atoms with Crippen LogP contribution in [-0.4, -0.2) is 42.9 Å². The molecule has 2 amide bonds. The first-order chi connectivity index (χ1) is 14.0. The average molecular weight is 414 g/mol. The van der Waals surface area contributed by atoms with Gasteiger partial charge in [-0.15, -0.1) is 0 Å². The van der Waals surface area contributed by atoms with Crippen LogP contribution in [0.4, 0.5) is 10.1 Å². The number of nitrogens with one attached hydrogen (secondary N) is 2. The molecule has 0 bridgehead atoms. The quantitative estimate of drug-likeness (QED) is 0.674. The molecule has 1 heterocycles. The van der Waals surface area contributed by atoms with Crippen molar-refractivity contribution < 1.29 is 14.0 Å². The van der Waals surface area contributed by atoms with Crippen LogP contribution in [0, 0.1) is 5.82 Å². The number of carbonyl (C=O) groups excluding carboxylic acids is 2. The van der Waals surface area contributed by atoms with Crippen molar-refractivity contribution in [3.05, 3.63) is 64.3 Å². The third kappa shape index (κ3) is 5.25. The van der Waals surface area contributed by atoms with E-state index in [2.05, 4.69) is 29.4 Å². The molecule has 0 atom stereocenters. The summed E-state index contributed by atoms with van der Waals surface area (Å²) in [6.07, 6.45) is 1.53. The first kappa shape index (κ1) is 21.1. The van der Waals surface area contributed by atoms with E-state index in [1.165, 1.54) is 23.9 Å². The summed E-state index contributed by atoms with van der Waals surface area (Å²) in [6.45, 7) is 7.41. The number of nitrogens with zero attached hydrogens (tertiary/aromatic N) is 1. The minimum atomic E-state index is -0.379. The highest BCUT2D eigenvalue weighted by atomic mass is 32.2. The molecule has 0 unspecified atom stereocenters. The maximum absolute atomic E-state index is 13.9. The fraction of sp³-hybridized carbons (Fsp3) is 0.273. The molecule has 29 heavy (non-hydrogen) atoms. The lowest BCUT2D eigenvalue weighted by atomic mass is 10.1. The van der Waals surface area contributed by atoms with Crippen molar-refractivity contribution in [3.8, 4) is 0 Å². The van der Waals surface area contributed by atoms with E-state index in [4.69, 9.17) is 0 Å². The summed E-state index contributed by atoms with van der Waals surface area (Å²) < 4.78 is 13.9. The van der Waals surface area contributed by atoms with Gasteiger partial charge in [0.15, 0.2) is 0 Å². The molecule has 2 aromatic rings. The summed E-state index contributed by atoms with van der Waals surface area (Å²) in [5.41, 5.74) is 1.44. The van der Waals surface area contributed by atoms with E-state index in [0.29, 0.717) is 28.3 Å². The monoisotopic (exact) mass is 413 g/mol. The Balaban J connectivity index is 1.70. The van der Waals surface area contributed by atoms with Crippen molar-refractivity contribution >= 4 is 35.3 Å². The third-order valence-corrected chi connectivity index (χ3v) is 5.83. The highest BCUT2D eigenvalue weighted by molar-refractivity contribution is 8.04. The molecule has 3 rings (SSSR count). The van der Waals surface area contributed by atoms with Crippen LogP contribution in [0.1, 0.15) is 29.8 Å². The Kier molecular flexibility index (Phi) is 7.06. The Labute approximate surface area is 174 Å². The molecule has 0 saturated heterocycles. The summed E-state index contributed by atoms with van der Waals surface area (Å²) in [7, 11) is 0. The topological polar surface area (TPSA) is 61.4 Å². The number of hydrogen-bond donors (Lipinski definition) is 2. The minimum absolute atomic E-state index is 0.174. The van der Waals surface area contributed by atoms with Gasteiger partial charge in [-0.1, -0.05) is 43.8 Å². The Morgan fingerprint density at radius 2 is 1.97 bits per heavy atom. The second kappa shape index (κ2) is 9.71. The van der Waals surface area contributed by atoms with Crippen LogP contribution in [0.25, 0.3) is 6.08 Å². The number of amides is 2. The lowest BCUT2D eigenvalue weighted by Crippen LogP contribution is -2.34. The summed E-state index contributed by atoms with van der Waals surface area (Å²) in [5, 5.41) is 5.71. The molecular weight excluding hydrogens is 389 g/mol. The van der Waals surface area contributed by atoms with Gasteiger partial charge in [0.2, 0.25) is 0 Å². The predicted molar refractivity (Wildman–Crippen MR) is 115 cm³/mol. The molecule has 0 fully saturated rings. The van der Waals surface area contributed by atoms with Gasteiger partial charge in [0, 0.05) is 29.1 Å². The summed E-state index contributed by atoms with van der Waals surface area (Å²) in [5.74, 6) is -0.868. The van der Waals surface area contributed by atoms with Gasteiger partial charge in [0.1, 0.15) is 5.82 Å². The van der Waals surface area contributed by atoms with Crippen LogP contribution >= 0.6 is 11.8 Å². The van der Waals surface area contributed by atoms with Gasteiger partial charge >= 0.3 is 0 Å². The fourth-order valence-corrected chi connectivity index (χ4v) is 3.93. The maximum Gasteiger partial charge on any atom is 0.262 e. The molecular formula is C22H24FN3O2S. The molecule has 1 aliphatic rings. The summed E-state index contributed by atoms with van der Waals surface area (Å²) in [4.78, 5) is 28.3. The van der Waals surface area contributed by atoms with Crippen LogP contribution in [0.3, 0.4) is 0 Å². The Hall–Kier alpha value is -2.64. The fourth-order valence-electron chi connectivity index (χ4n) is 3.00. The molecule has 1 aliphatic heterocycles. The SMILES string of the molecule is CCN(CC)CCNC(=O)c1ccc2c(c1)NC(=O)/C(=C/c1ccccc1F)S2. The lowest BCUT2D eigenvalue weighted by molar-refractivity contribution is -0.112. The highest BCUT2D eigenvalue weighted by Crippen LogP contribution is 2.39. The maximum atomic E-state index is 13.9. The first-order valence-electron chi connectivity index (χ1n) is 9.61. The second-order valence-electron chi connectivity index (χ2n) is 6.58. The number of anilines is 1. The highest BCUT2D eigenvalue weighted by Gasteiger charge is 2.22. The zero-order valence-corrected chi connectivity index (χ0v) is 17.3. The Bertz CT molecular complexity index is 941. The average Bonchev–Trinajstić information content (AvgIpc) is 2.73. The Morgan fingerprint density at radius 1 is 1.21 bits per heavy atom. The number of likely N-dealkylation sites (N-methyl/N-ethyl adjacent to an activating group) is 1. The zero-order valence-electron chi connectivity index (χ0n) is 16.5. The number of thioether (sulfide) groups is 1. The van der Waals surface area contributed by atoms with E-state index in [0.717, 1.165) is 24.5 Å². The molecule has 152 valence electrons. The minimum Gasteiger partial charge on any atom is -0.351 e. The lowest BCUT2D eigenvalue weighted by Gasteiger charge is -2.20. The molecule has 2 aromatic carbocycles. The van der Waals surface area contributed by atoms with Crippen molar-refractivity contribution in [3.63, 3.8) is 0 Å². The smallest absolute Gasteiger partial charge is 0.262 e. The predicted octanol–water partition coefficient (Wildman–Crippen LogP) is 3.98. The standard InChI is InChI=1S/C22H24FN3O2S/c1-3-26(4-2)12-11-24-21(27)16-9-10-19-18(13-16)25-22(28)20(29-19)14-15-7-5-6-8-17(15)23/h5-10,13-14H,3-4,11-12H2,1-2H3,(H,24,27)(H,25,28)/b20-14-. The van der Waals surface area contributed by atoms with Crippen LogP contribution in [-0.2, 0) is 4.79 Å². The number of fused-ring (bicyclic) bond motifs is 1. The van der Waals surface area contributed by atoms with Crippen molar-refractivity contribution in [2.45, 2.75) is 18.7 Å². The van der Waals surface area contributed by atoms with Gasteiger partial charge in [-0.2, -0.15) is 0 Å². The van der Waals surface area contributed by atoms with Crippen LogP contribution in [0.15, 0.2) is 52.3 Å². The van der Waals surface area contributed by atoms with E-state index in [1.54, 1.807) is 36.4 Å². The summed E-state index contributed by atoms with van der Waals surface area (Å²) >= 11 is 1.26. The van der Waals surface area contributed by atoms with Crippen LogP contribution < -0.4 is 10.6 Å². The second-order valence-corrected chi connectivity index (χ2v) is 7.66. The number of carbonyl (C=O) groups is 2. The Morgan fingerprint density at radius 3 is 2.69 bits per heavy atom. The van der Waals surface area contributed by atoms with Crippen molar-refractivity contribution in [1.29, 1.82) is 0 Å². The van der Waals surface area contributed by atoms with Gasteiger partial charge < -0.3 is 15.5 Å². The van der Waals surface area contributed by atoms with Crippen molar-refractivity contribution in [1.82, 2.24) is 10.2 Å². The normalized spacial score (nSPS) is 14.6. The molecule has 5 nitrogen and oxygen atoms in total. The van der Waals surface area contributed by atoms with Gasteiger partial charge in [-0.05, 0) is 43.4 Å². The molecule has 0 radical (unpaired) electrons. The molecule has 0 saturated carbocycles. The number of hydrogen-bond acceptors (Lipinski definition) is 4. The zero-order chi connectivity index (χ0) is 20.8. The molecule has 0 aromatic heterocycles. The van der Waals surface area contributed by atoms with Gasteiger partial charge in [-0.25, -0.2) is 4.39 Å². The van der Waals surface area contributed by atoms with E-state index in [-0.39, 0.29) is 17.6 Å². The van der Waals surface area contributed by atoms with Crippen molar-refractivity contribution in [2.75, 3.05) is 31.5 Å². The van der Waals surface area contributed by atoms with Gasteiger partial charge in [0.05, 0.1) is 10.6 Å². The van der Waals surface area contributed by atoms with Gasteiger partial charge in [0.25, 0.3) is 11.8 Å². The van der Waals surface area contributed by atoms with Crippen molar-refractivity contribution in [2.24, 2.45) is 0 Å². The van der Waals surface area contributed by atoms with E-state index in [9.17, 15) is 14.0 Å². The van der Waals surface area contributed by atoms with Crippen LogP contribution in [0.5, 0.6) is 0 Å². The largest absolute Gasteiger partial charge is 0.351 e. The number of halogens is 1. The van der Waals surface area contributed by atoms with Crippen LogP contribution in [0.2, 0.25) is 0 Å². The van der Waals surface area contributed by atoms with Gasteiger partial charge in [-0.3, -0.25) is 9.59 Å². The number of benzene rings is 2. The van der Waals surface area contributed by atoms with E-state index >= 15 is 0 Å². The summed E-state index contributed by atoms with van der Waals surface area (Å²) in [6, 6.07) is 11.5. The third-order valence-electron chi connectivity index (χ3n) is 4.73. The molecule has 2 N–H and O–H groups in total. The van der Waals surface area contributed by atoms with E-state index < -0.39 is 0 Å². The number of rotatable bonds is 7. The first-order valence-corrected chi connectivity index (χ1v) is 10.4.